The van der Waals surface area contributed by atoms with Crippen LogP contribution in [0.2, 0.25) is 0 Å². The Balaban J connectivity index is 1.95. The Bertz CT molecular complexity index is 740. The van der Waals surface area contributed by atoms with Crippen LogP contribution >= 0.6 is 0 Å². The van der Waals surface area contributed by atoms with Gasteiger partial charge in [-0.05, 0) is 39.0 Å². The van der Waals surface area contributed by atoms with E-state index in [2.05, 4.69) is 35.4 Å². The summed E-state index contributed by atoms with van der Waals surface area (Å²) in [4.78, 5) is 4.17. The zero-order chi connectivity index (χ0) is 14.1. The molecule has 3 heteroatoms. The number of hydrogen-bond donors (Lipinski definition) is 1. The Labute approximate surface area is 118 Å². The highest BCUT2D eigenvalue weighted by molar-refractivity contribution is 5.93. The van der Waals surface area contributed by atoms with Crippen LogP contribution in [0.4, 0.5) is 5.69 Å². The van der Waals surface area contributed by atoms with E-state index in [1.54, 1.807) is 0 Å². The van der Waals surface area contributed by atoms with Gasteiger partial charge in [-0.15, -0.1) is 0 Å². The van der Waals surface area contributed by atoms with Gasteiger partial charge in [-0.25, -0.2) is 0 Å². The van der Waals surface area contributed by atoms with Gasteiger partial charge in [0.2, 0.25) is 0 Å². The number of furan rings is 1. The molecule has 3 aromatic rings. The van der Waals surface area contributed by atoms with Gasteiger partial charge in [-0.2, -0.15) is 0 Å². The first-order valence-electron chi connectivity index (χ1n) is 6.81. The van der Waals surface area contributed by atoms with Crippen LogP contribution < -0.4 is 5.32 Å². The molecule has 0 amide bonds. The molecule has 2 heterocycles. The number of aromatic nitrogens is 1. The van der Waals surface area contributed by atoms with E-state index in [4.69, 9.17) is 4.42 Å². The van der Waals surface area contributed by atoms with Crippen molar-refractivity contribution in [2.24, 2.45) is 0 Å². The maximum absolute atomic E-state index is 5.61. The number of pyridine rings is 1. The second-order valence-electron chi connectivity index (χ2n) is 5.14. The number of nitrogens with one attached hydrogen (secondary N) is 1. The van der Waals surface area contributed by atoms with Crippen molar-refractivity contribution >= 4 is 16.5 Å². The zero-order valence-electron chi connectivity index (χ0n) is 12.0. The Morgan fingerprint density at radius 1 is 1.20 bits per heavy atom. The summed E-state index contributed by atoms with van der Waals surface area (Å²) < 4.78 is 5.61. The summed E-state index contributed by atoms with van der Waals surface area (Å²) in [5.74, 6) is 1.93. The van der Waals surface area contributed by atoms with E-state index in [0.29, 0.717) is 0 Å². The van der Waals surface area contributed by atoms with Gasteiger partial charge >= 0.3 is 0 Å². The summed E-state index contributed by atoms with van der Waals surface area (Å²) in [5.41, 5.74) is 2.32. The summed E-state index contributed by atoms with van der Waals surface area (Å²) >= 11 is 0. The number of anilines is 1. The molecule has 1 atom stereocenters. The summed E-state index contributed by atoms with van der Waals surface area (Å²) in [6.45, 7) is 6.14. The summed E-state index contributed by atoms with van der Waals surface area (Å²) in [6.07, 6.45) is 3.71. The first kappa shape index (κ1) is 12.7. The molecule has 1 aromatic carbocycles. The van der Waals surface area contributed by atoms with Gasteiger partial charge in [0.1, 0.15) is 11.5 Å². The molecule has 0 aliphatic rings. The molecule has 0 saturated heterocycles. The van der Waals surface area contributed by atoms with Gasteiger partial charge in [0.05, 0.1) is 6.04 Å². The predicted octanol–water partition coefficient (Wildman–Crippen LogP) is 4.62. The van der Waals surface area contributed by atoms with Crippen molar-refractivity contribution in [3.63, 3.8) is 0 Å². The molecule has 2 aromatic heterocycles. The van der Waals surface area contributed by atoms with Crippen LogP contribution in [-0.4, -0.2) is 4.98 Å². The van der Waals surface area contributed by atoms with Crippen LogP contribution in [0.25, 0.3) is 10.8 Å². The number of hydrogen-bond acceptors (Lipinski definition) is 3. The van der Waals surface area contributed by atoms with Crippen molar-refractivity contribution in [2.75, 3.05) is 5.32 Å². The molecule has 1 N–H and O–H groups in total. The minimum absolute atomic E-state index is 0.200. The van der Waals surface area contributed by atoms with Gasteiger partial charge in [-0.3, -0.25) is 4.98 Å². The van der Waals surface area contributed by atoms with E-state index < -0.39 is 0 Å². The number of nitrogens with zero attached hydrogens (tertiary/aromatic N) is 1. The fraction of sp³-hybridized carbons (Fsp3) is 0.235. The van der Waals surface area contributed by atoms with E-state index in [9.17, 15) is 0 Å². The van der Waals surface area contributed by atoms with Crippen LogP contribution in [0.15, 0.2) is 47.1 Å². The van der Waals surface area contributed by atoms with Crippen LogP contribution in [-0.2, 0) is 0 Å². The monoisotopic (exact) mass is 266 g/mol. The fourth-order valence-electron chi connectivity index (χ4n) is 2.64. The highest BCUT2D eigenvalue weighted by Gasteiger charge is 2.13. The predicted molar refractivity (Wildman–Crippen MR) is 82.0 cm³/mol. The van der Waals surface area contributed by atoms with E-state index >= 15 is 0 Å². The first-order chi connectivity index (χ1) is 9.65. The normalized spacial score (nSPS) is 12.6. The molecule has 0 saturated carbocycles. The molecular formula is C17H18N2O. The molecule has 0 bridgehead atoms. The van der Waals surface area contributed by atoms with Gasteiger partial charge < -0.3 is 9.73 Å². The molecule has 0 radical (unpaired) electrons. The number of rotatable bonds is 3. The van der Waals surface area contributed by atoms with Gasteiger partial charge in [0.15, 0.2) is 0 Å². The molecule has 0 aliphatic carbocycles. The summed E-state index contributed by atoms with van der Waals surface area (Å²) in [6, 6.07) is 10.6. The second kappa shape index (κ2) is 5.00. The van der Waals surface area contributed by atoms with Crippen molar-refractivity contribution in [2.45, 2.75) is 26.8 Å². The third-order valence-corrected chi connectivity index (χ3v) is 3.60. The number of aryl methyl sites for hydroxylation is 2. The Morgan fingerprint density at radius 3 is 2.80 bits per heavy atom. The van der Waals surface area contributed by atoms with Gasteiger partial charge in [0.25, 0.3) is 0 Å². The average molecular weight is 266 g/mol. The average Bonchev–Trinajstić information content (AvgIpc) is 2.78. The van der Waals surface area contributed by atoms with Crippen molar-refractivity contribution < 1.29 is 4.42 Å². The van der Waals surface area contributed by atoms with E-state index in [0.717, 1.165) is 22.6 Å². The Hall–Kier alpha value is -2.29. The Morgan fingerprint density at radius 2 is 2.05 bits per heavy atom. The molecule has 20 heavy (non-hydrogen) atoms. The second-order valence-corrected chi connectivity index (χ2v) is 5.14. The molecular weight excluding hydrogens is 248 g/mol. The summed E-state index contributed by atoms with van der Waals surface area (Å²) in [7, 11) is 0. The van der Waals surface area contributed by atoms with Gasteiger partial charge in [0, 0.05) is 34.4 Å². The maximum Gasteiger partial charge on any atom is 0.106 e. The van der Waals surface area contributed by atoms with Crippen LogP contribution in [0, 0.1) is 13.8 Å². The molecule has 0 fully saturated rings. The maximum atomic E-state index is 5.61. The lowest BCUT2D eigenvalue weighted by molar-refractivity contribution is 0.500. The highest BCUT2D eigenvalue weighted by atomic mass is 16.3. The third-order valence-electron chi connectivity index (χ3n) is 3.60. The largest absolute Gasteiger partial charge is 0.466 e. The van der Waals surface area contributed by atoms with Crippen molar-refractivity contribution in [3.8, 4) is 0 Å². The zero-order valence-corrected chi connectivity index (χ0v) is 12.0. The fourth-order valence-corrected chi connectivity index (χ4v) is 2.64. The summed E-state index contributed by atoms with van der Waals surface area (Å²) in [5, 5.41) is 5.90. The standard InChI is InChI=1S/C17H18N2O/c1-11-9-16(13(3)20-11)12(2)19-17-6-4-5-14-10-18-8-7-15(14)17/h4-10,12,19H,1-3H3. The van der Waals surface area contributed by atoms with Crippen LogP contribution in [0.3, 0.4) is 0 Å². The third kappa shape index (κ3) is 2.27. The lowest BCUT2D eigenvalue weighted by atomic mass is 10.1. The van der Waals surface area contributed by atoms with E-state index in [-0.39, 0.29) is 6.04 Å². The van der Waals surface area contributed by atoms with E-state index in [1.165, 1.54) is 10.9 Å². The molecule has 1 unspecified atom stereocenters. The number of fused-ring (bicyclic) bond motifs is 1. The number of benzene rings is 1. The lowest BCUT2D eigenvalue weighted by Gasteiger charge is -2.16. The first-order valence-corrected chi connectivity index (χ1v) is 6.81. The Kier molecular flexibility index (Phi) is 3.18. The quantitative estimate of drug-likeness (QED) is 0.751. The minimum atomic E-state index is 0.200. The SMILES string of the molecule is Cc1cc(C(C)Nc2cccc3cnccc23)c(C)o1. The molecule has 3 nitrogen and oxygen atoms in total. The van der Waals surface area contributed by atoms with Crippen LogP contribution in [0.1, 0.15) is 30.0 Å². The smallest absolute Gasteiger partial charge is 0.106 e. The van der Waals surface area contributed by atoms with Gasteiger partial charge in [-0.1, -0.05) is 12.1 Å². The lowest BCUT2D eigenvalue weighted by Crippen LogP contribution is -2.07. The topological polar surface area (TPSA) is 38.1 Å². The highest BCUT2D eigenvalue weighted by Crippen LogP contribution is 2.28. The minimum Gasteiger partial charge on any atom is -0.466 e. The van der Waals surface area contributed by atoms with Crippen molar-refractivity contribution in [3.05, 3.63) is 59.8 Å². The molecule has 0 aliphatic heterocycles. The molecule has 102 valence electrons. The van der Waals surface area contributed by atoms with Crippen LogP contribution in [0.5, 0.6) is 0 Å². The van der Waals surface area contributed by atoms with Crippen molar-refractivity contribution in [1.29, 1.82) is 0 Å². The molecule has 3 rings (SSSR count). The van der Waals surface area contributed by atoms with Crippen molar-refractivity contribution in [1.82, 2.24) is 4.98 Å². The molecule has 0 spiro atoms. The van der Waals surface area contributed by atoms with E-state index in [1.807, 2.05) is 38.4 Å².